The van der Waals surface area contributed by atoms with Gasteiger partial charge >= 0.3 is 19.8 Å². The van der Waals surface area contributed by atoms with Crippen molar-refractivity contribution in [2.45, 2.75) is 347 Å². The maximum atomic E-state index is 12.9. The molecule has 0 heterocycles. The van der Waals surface area contributed by atoms with E-state index >= 15 is 0 Å². The third-order valence-electron chi connectivity index (χ3n) is 15.8. The smallest absolute Gasteiger partial charge is 0.462 e. The Morgan fingerprint density at radius 1 is 0.386 bits per heavy atom. The number of nitrogens with zero attached hydrogens (tertiary/aromatic N) is 1. The van der Waals surface area contributed by atoms with E-state index in [2.05, 4.69) is 74.6 Å². The average molecular weight is 1190 g/mol. The minimum Gasteiger partial charge on any atom is -0.462 e. The lowest BCUT2D eigenvalue weighted by atomic mass is 10.0. The summed E-state index contributed by atoms with van der Waals surface area (Å²) in [6.45, 7) is 4.38. The molecule has 0 aromatic rings. The summed E-state index contributed by atoms with van der Waals surface area (Å²) in [6, 6.07) is 0. The Hall–Kier alpha value is -2.29. The number of esters is 2. The normalized spacial score (nSPS) is 13.5. The fourth-order valence-electron chi connectivity index (χ4n) is 10.4. The first-order chi connectivity index (χ1) is 40.5. The largest absolute Gasteiger partial charge is 0.472 e. The molecule has 0 rings (SSSR count). The van der Waals surface area contributed by atoms with Crippen molar-refractivity contribution in [3.8, 4) is 0 Å². The molecule has 0 spiro atoms. The summed E-state index contributed by atoms with van der Waals surface area (Å²) in [5.41, 5.74) is 0. The topological polar surface area (TPSA) is 108 Å². The van der Waals surface area contributed by atoms with E-state index in [9.17, 15) is 19.0 Å². The predicted octanol–water partition coefficient (Wildman–Crippen LogP) is 23.0. The lowest BCUT2D eigenvalue weighted by molar-refractivity contribution is -0.870. The van der Waals surface area contributed by atoms with Gasteiger partial charge in [-0.05, 0) is 57.8 Å². The van der Waals surface area contributed by atoms with E-state index in [4.69, 9.17) is 18.5 Å². The van der Waals surface area contributed by atoms with Gasteiger partial charge in [-0.3, -0.25) is 18.6 Å². The molecule has 10 heteroatoms. The lowest BCUT2D eigenvalue weighted by Crippen LogP contribution is -2.37. The van der Waals surface area contributed by atoms with Crippen molar-refractivity contribution in [3.05, 3.63) is 60.8 Å². The van der Waals surface area contributed by atoms with Crippen LogP contribution >= 0.6 is 7.82 Å². The zero-order valence-corrected chi connectivity index (χ0v) is 56.3. The van der Waals surface area contributed by atoms with Gasteiger partial charge in [0.2, 0.25) is 0 Å². The van der Waals surface area contributed by atoms with Gasteiger partial charge in [-0.1, -0.05) is 331 Å². The zero-order chi connectivity index (χ0) is 60.5. The first-order valence-corrected chi connectivity index (χ1v) is 37.0. The van der Waals surface area contributed by atoms with Crippen LogP contribution < -0.4 is 0 Å². The van der Waals surface area contributed by atoms with E-state index in [-0.39, 0.29) is 25.6 Å². The molecule has 0 aromatic heterocycles. The number of phosphoric acid groups is 1. The maximum Gasteiger partial charge on any atom is 0.472 e. The predicted molar refractivity (Wildman–Crippen MR) is 358 cm³/mol. The van der Waals surface area contributed by atoms with Crippen molar-refractivity contribution in [2.75, 3.05) is 47.5 Å². The van der Waals surface area contributed by atoms with E-state index in [0.717, 1.165) is 64.2 Å². The highest BCUT2D eigenvalue weighted by Gasteiger charge is 2.27. The summed E-state index contributed by atoms with van der Waals surface area (Å²) in [7, 11) is 1.49. The Bertz CT molecular complexity index is 1580. The second kappa shape index (κ2) is 64.2. The molecule has 2 atom stereocenters. The highest BCUT2D eigenvalue weighted by Crippen LogP contribution is 2.43. The SMILES string of the molecule is CC/C=C\C/C=C\C/C=C\C/C=C\C/C=C\CCCCCCCCCCCCCCCCCCCC(=O)OC(COC(=O)CCCCCCCCCCCCCCCCCCCCCCCCCCCC)COP(=O)(O)OCC[N+](C)(C)C. The molecule has 0 saturated heterocycles. The van der Waals surface area contributed by atoms with Crippen LogP contribution in [0, 0.1) is 0 Å². The third-order valence-corrected chi connectivity index (χ3v) is 16.8. The van der Waals surface area contributed by atoms with Gasteiger partial charge in [-0.2, -0.15) is 0 Å². The fraction of sp³-hybridized carbons (Fsp3) is 0.836. The van der Waals surface area contributed by atoms with Gasteiger partial charge in [-0.25, -0.2) is 4.57 Å². The molecule has 0 amide bonds. The molecule has 0 saturated carbocycles. The Morgan fingerprint density at radius 2 is 0.687 bits per heavy atom. The number of rotatable bonds is 66. The molecular weight excluding hydrogens is 1050 g/mol. The second-order valence-electron chi connectivity index (χ2n) is 25.3. The van der Waals surface area contributed by atoms with Gasteiger partial charge in [0.25, 0.3) is 0 Å². The number of hydrogen-bond acceptors (Lipinski definition) is 7. The Morgan fingerprint density at radius 3 is 1.02 bits per heavy atom. The molecule has 2 unspecified atom stereocenters. The van der Waals surface area contributed by atoms with Crippen molar-refractivity contribution >= 4 is 19.8 Å². The molecule has 0 aliphatic rings. The molecule has 486 valence electrons. The summed E-state index contributed by atoms with van der Waals surface area (Å²) in [5.74, 6) is -0.778. The number of likely N-dealkylation sites (N-methyl/N-ethyl adjacent to an activating group) is 1. The highest BCUT2D eigenvalue weighted by atomic mass is 31.2. The van der Waals surface area contributed by atoms with Crippen LogP contribution in [0.3, 0.4) is 0 Å². The Balaban J connectivity index is 4.00. The minimum atomic E-state index is -4.39. The Labute approximate surface area is 515 Å². The molecule has 83 heavy (non-hydrogen) atoms. The van der Waals surface area contributed by atoms with Crippen molar-refractivity contribution in [2.24, 2.45) is 0 Å². The van der Waals surface area contributed by atoms with Crippen molar-refractivity contribution in [1.29, 1.82) is 0 Å². The van der Waals surface area contributed by atoms with E-state index < -0.39 is 26.5 Å². The van der Waals surface area contributed by atoms with Gasteiger partial charge in [0, 0.05) is 12.8 Å². The van der Waals surface area contributed by atoms with Crippen molar-refractivity contribution < 1.29 is 42.1 Å². The van der Waals surface area contributed by atoms with Crippen LogP contribution in [0.4, 0.5) is 0 Å². The summed E-state index contributed by atoms with van der Waals surface area (Å²) >= 11 is 0. The standard InChI is InChI=1S/C73H136NO8P/c1-6-8-10-12-14-16-18-20-22-24-26-28-30-32-34-35-36-37-38-39-40-42-44-46-48-50-52-54-56-58-60-62-64-66-73(76)82-71(70-81-83(77,78)80-68-67-74(3,4)5)69-79-72(75)65-63-61-59-57-55-53-51-49-47-45-43-41-33-31-29-27-25-23-21-19-17-15-13-11-9-7-2/h8,10,14,16,20,22,26,28,32,34,71H,6-7,9,11-13,15,17-19,21,23-25,27,29-31,33,35-70H2,1-5H3/p+1/b10-8-,16-14-,22-20-,28-26-,34-32-. The number of quaternary nitrogens is 1. The summed E-state index contributed by atoms with van der Waals surface area (Å²) in [6.07, 6.45) is 84.7. The maximum absolute atomic E-state index is 12.9. The summed E-state index contributed by atoms with van der Waals surface area (Å²) in [4.78, 5) is 35.9. The lowest BCUT2D eigenvalue weighted by Gasteiger charge is -2.24. The first-order valence-electron chi connectivity index (χ1n) is 35.5. The number of ether oxygens (including phenoxy) is 2. The quantitative estimate of drug-likeness (QED) is 0.0211. The van der Waals surface area contributed by atoms with E-state index in [1.165, 1.54) is 244 Å². The Kier molecular flexibility index (Phi) is 62.4. The van der Waals surface area contributed by atoms with Crippen LogP contribution in [0.25, 0.3) is 0 Å². The molecule has 0 aromatic carbocycles. The number of allylic oxidation sites excluding steroid dienone is 10. The molecule has 9 nitrogen and oxygen atoms in total. The van der Waals surface area contributed by atoms with Crippen molar-refractivity contribution in [1.82, 2.24) is 0 Å². The molecule has 0 bridgehead atoms. The molecule has 0 fully saturated rings. The van der Waals surface area contributed by atoms with Crippen LogP contribution in [0.2, 0.25) is 0 Å². The van der Waals surface area contributed by atoms with Gasteiger partial charge in [0.1, 0.15) is 19.8 Å². The van der Waals surface area contributed by atoms with Gasteiger partial charge in [0.05, 0.1) is 27.7 Å². The van der Waals surface area contributed by atoms with Gasteiger partial charge < -0.3 is 18.9 Å². The number of carbonyl (C=O) groups is 2. The molecular formula is C73H137NO8P+. The van der Waals surface area contributed by atoms with Gasteiger partial charge in [0.15, 0.2) is 6.10 Å². The monoisotopic (exact) mass is 1190 g/mol. The molecule has 0 aliphatic heterocycles. The number of phosphoric ester groups is 1. The van der Waals surface area contributed by atoms with E-state index in [1.807, 2.05) is 21.1 Å². The van der Waals surface area contributed by atoms with Crippen LogP contribution in [0.15, 0.2) is 60.8 Å². The van der Waals surface area contributed by atoms with Gasteiger partial charge in [-0.15, -0.1) is 0 Å². The first kappa shape index (κ1) is 80.7. The van der Waals surface area contributed by atoms with E-state index in [1.54, 1.807) is 0 Å². The van der Waals surface area contributed by atoms with Crippen LogP contribution in [-0.2, 0) is 32.7 Å². The number of unbranched alkanes of at least 4 members (excludes halogenated alkanes) is 42. The summed E-state index contributed by atoms with van der Waals surface area (Å²) < 4.78 is 34.8. The molecule has 1 N–H and O–H groups in total. The fourth-order valence-corrected chi connectivity index (χ4v) is 11.1. The van der Waals surface area contributed by atoms with Crippen molar-refractivity contribution in [3.63, 3.8) is 0 Å². The number of carbonyl (C=O) groups excluding carboxylic acids is 2. The minimum absolute atomic E-state index is 0.0334. The summed E-state index contributed by atoms with van der Waals surface area (Å²) in [5, 5.41) is 0. The highest BCUT2D eigenvalue weighted by molar-refractivity contribution is 7.47. The zero-order valence-electron chi connectivity index (χ0n) is 55.4. The molecule has 0 aliphatic carbocycles. The number of hydrogen-bond donors (Lipinski definition) is 1. The van der Waals surface area contributed by atoms with Crippen LogP contribution in [0.1, 0.15) is 341 Å². The van der Waals surface area contributed by atoms with Crippen LogP contribution in [-0.4, -0.2) is 74.9 Å². The second-order valence-corrected chi connectivity index (χ2v) is 26.7. The molecule has 0 radical (unpaired) electrons. The average Bonchev–Trinajstić information content (AvgIpc) is 3.48. The van der Waals surface area contributed by atoms with E-state index in [0.29, 0.717) is 23.9 Å². The van der Waals surface area contributed by atoms with Crippen LogP contribution in [0.5, 0.6) is 0 Å². The third kappa shape index (κ3) is 68.7.